The molecule has 0 radical (unpaired) electrons. The number of alkyl carbamates (subject to hydrolysis) is 1. The van der Waals surface area contributed by atoms with Crippen LogP contribution >= 0.6 is 0 Å². The first-order valence-corrected chi connectivity index (χ1v) is 11.9. The normalized spacial score (nSPS) is 14.3. The number of carbonyl (C=O) groups excluding carboxylic acids is 3. The molecule has 0 aliphatic carbocycles. The van der Waals surface area contributed by atoms with Crippen LogP contribution in [0.25, 0.3) is 0 Å². The van der Waals surface area contributed by atoms with Gasteiger partial charge in [-0.2, -0.15) is 0 Å². The lowest BCUT2D eigenvalue weighted by atomic mass is 10.1. The molecule has 1 N–H and O–H groups in total. The highest BCUT2D eigenvalue weighted by atomic mass is 16.6. The third-order valence-electron chi connectivity index (χ3n) is 5.57. The predicted octanol–water partition coefficient (Wildman–Crippen LogP) is 3.52. The van der Waals surface area contributed by atoms with Crippen LogP contribution in [-0.4, -0.2) is 66.2 Å². The summed E-state index contributed by atoms with van der Waals surface area (Å²) in [5.41, 5.74) is 3.11. The van der Waals surface area contributed by atoms with E-state index < -0.39 is 17.7 Å². The van der Waals surface area contributed by atoms with Crippen molar-refractivity contribution in [3.63, 3.8) is 0 Å². The van der Waals surface area contributed by atoms with Gasteiger partial charge in [0.05, 0.1) is 5.56 Å². The molecular weight excluding hydrogens is 446 g/mol. The number of esters is 1. The highest BCUT2D eigenvalue weighted by Crippen LogP contribution is 2.12. The highest BCUT2D eigenvalue weighted by molar-refractivity contribution is 5.91. The van der Waals surface area contributed by atoms with Gasteiger partial charge in [0.15, 0.2) is 6.61 Å². The number of nitrogens with zero attached hydrogens (tertiary/aromatic N) is 2. The first-order chi connectivity index (χ1) is 16.6. The second-order valence-electron chi connectivity index (χ2n) is 9.77. The number of amides is 2. The molecule has 3 rings (SSSR count). The van der Waals surface area contributed by atoms with Crippen LogP contribution in [0.5, 0.6) is 0 Å². The molecule has 1 fully saturated rings. The van der Waals surface area contributed by atoms with Gasteiger partial charge in [-0.05, 0) is 51.0 Å². The summed E-state index contributed by atoms with van der Waals surface area (Å²) in [5, 5.41) is 2.67. The predicted molar refractivity (Wildman–Crippen MR) is 133 cm³/mol. The number of hydrogen-bond acceptors (Lipinski definition) is 6. The lowest BCUT2D eigenvalue weighted by Crippen LogP contribution is -2.49. The topological polar surface area (TPSA) is 88.2 Å². The summed E-state index contributed by atoms with van der Waals surface area (Å²) < 4.78 is 10.4. The van der Waals surface area contributed by atoms with Crippen LogP contribution in [0.2, 0.25) is 0 Å². The first kappa shape index (κ1) is 26.2. The standard InChI is InChI=1S/C27H35N3O5/c1-20-6-5-7-22(16-20)18-29-12-14-30(15-13-29)24(31)19-34-25(32)23-10-8-21(9-11-23)17-28-26(33)35-27(2,3)4/h5-11,16H,12-15,17-19H2,1-4H3,(H,28,33). The van der Waals surface area contributed by atoms with E-state index in [-0.39, 0.29) is 19.1 Å². The molecule has 1 heterocycles. The number of carbonyl (C=O) groups is 3. The summed E-state index contributed by atoms with van der Waals surface area (Å²) in [5.74, 6) is -0.741. The highest BCUT2D eigenvalue weighted by Gasteiger charge is 2.22. The van der Waals surface area contributed by atoms with E-state index in [0.29, 0.717) is 18.7 Å². The molecule has 1 aliphatic rings. The zero-order chi connectivity index (χ0) is 25.4. The van der Waals surface area contributed by atoms with Gasteiger partial charge in [-0.1, -0.05) is 42.0 Å². The molecule has 2 aromatic carbocycles. The van der Waals surface area contributed by atoms with Gasteiger partial charge in [0.1, 0.15) is 5.60 Å². The molecule has 188 valence electrons. The zero-order valence-corrected chi connectivity index (χ0v) is 21.0. The zero-order valence-electron chi connectivity index (χ0n) is 21.0. The lowest BCUT2D eigenvalue weighted by molar-refractivity contribution is -0.136. The third kappa shape index (κ3) is 8.72. The number of rotatable bonds is 7. The van der Waals surface area contributed by atoms with Crippen molar-refractivity contribution in [1.82, 2.24) is 15.1 Å². The molecule has 1 saturated heterocycles. The number of hydrogen-bond donors (Lipinski definition) is 1. The van der Waals surface area contributed by atoms with Crippen molar-refractivity contribution in [2.45, 2.75) is 46.4 Å². The second-order valence-corrected chi connectivity index (χ2v) is 9.77. The molecule has 0 aromatic heterocycles. The van der Waals surface area contributed by atoms with E-state index in [2.05, 4.69) is 41.4 Å². The van der Waals surface area contributed by atoms with Gasteiger partial charge in [-0.15, -0.1) is 0 Å². The quantitative estimate of drug-likeness (QED) is 0.609. The van der Waals surface area contributed by atoms with Gasteiger partial charge < -0.3 is 19.7 Å². The third-order valence-corrected chi connectivity index (χ3v) is 5.57. The van der Waals surface area contributed by atoms with Gasteiger partial charge >= 0.3 is 12.1 Å². The Balaban J connectivity index is 1.38. The van der Waals surface area contributed by atoms with E-state index in [1.54, 1.807) is 49.9 Å². The number of benzene rings is 2. The van der Waals surface area contributed by atoms with Crippen LogP contribution in [0.15, 0.2) is 48.5 Å². The van der Waals surface area contributed by atoms with Gasteiger partial charge in [0.25, 0.3) is 5.91 Å². The van der Waals surface area contributed by atoms with E-state index in [1.165, 1.54) is 11.1 Å². The molecule has 35 heavy (non-hydrogen) atoms. The Morgan fingerprint density at radius 3 is 2.26 bits per heavy atom. The van der Waals surface area contributed by atoms with E-state index in [0.717, 1.165) is 25.2 Å². The Kier molecular flexibility index (Phi) is 8.87. The average Bonchev–Trinajstić information content (AvgIpc) is 2.81. The largest absolute Gasteiger partial charge is 0.452 e. The van der Waals surface area contributed by atoms with Crippen molar-refractivity contribution >= 4 is 18.0 Å². The number of ether oxygens (including phenoxy) is 2. The van der Waals surface area contributed by atoms with Gasteiger partial charge in [0.2, 0.25) is 0 Å². The fourth-order valence-electron chi connectivity index (χ4n) is 3.77. The van der Waals surface area contributed by atoms with Crippen molar-refractivity contribution in [1.29, 1.82) is 0 Å². The molecule has 0 spiro atoms. The molecule has 0 saturated carbocycles. The monoisotopic (exact) mass is 481 g/mol. The van der Waals surface area contributed by atoms with E-state index >= 15 is 0 Å². The smallest absolute Gasteiger partial charge is 0.407 e. The SMILES string of the molecule is Cc1cccc(CN2CCN(C(=O)COC(=O)c3ccc(CNC(=O)OC(C)(C)C)cc3)CC2)c1. The maximum Gasteiger partial charge on any atom is 0.407 e. The fraction of sp³-hybridized carbons (Fsp3) is 0.444. The number of piperazine rings is 1. The summed E-state index contributed by atoms with van der Waals surface area (Å²) in [7, 11) is 0. The Bertz CT molecular complexity index is 1020. The summed E-state index contributed by atoms with van der Waals surface area (Å²) in [4.78, 5) is 40.7. The molecule has 0 atom stereocenters. The molecule has 2 aromatic rings. The number of aryl methyl sites for hydroxylation is 1. The van der Waals surface area contributed by atoms with Crippen molar-refractivity contribution < 1.29 is 23.9 Å². The minimum atomic E-state index is -0.565. The number of nitrogens with one attached hydrogen (secondary N) is 1. The Labute approximate surface area is 207 Å². The lowest BCUT2D eigenvalue weighted by Gasteiger charge is -2.34. The van der Waals surface area contributed by atoms with E-state index in [9.17, 15) is 14.4 Å². The van der Waals surface area contributed by atoms with Crippen LogP contribution in [0.3, 0.4) is 0 Å². The molecule has 2 amide bonds. The van der Waals surface area contributed by atoms with Crippen LogP contribution in [0.1, 0.15) is 47.8 Å². The van der Waals surface area contributed by atoms with Gasteiger partial charge in [-0.3, -0.25) is 9.69 Å². The maximum atomic E-state index is 12.5. The minimum Gasteiger partial charge on any atom is -0.452 e. The summed E-state index contributed by atoms with van der Waals surface area (Å²) >= 11 is 0. The van der Waals surface area contributed by atoms with E-state index in [4.69, 9.17) is 9.47 Å². The van der Waals surface area contributed by atoms with Crippen molar-refractivity contribution in [2.75, 3.05) is 32.8 Å². The van der Waals surface area contributed by atoms with E-state index in [1.807, 2.05) is 0 Å². The van der Waals surface area contributed by atoms with Crippen molar-refractivity contribution in [3.05, 3.63) is 70.8 Å². The first-order valence-electron chi connectivity index (χ1n) is 11.9. The summed E-state index contributed by atoms with van der Waals surface area (Å²) in [6, 6.07) is 15.1. The van der Waals surface area contributed by atoms with Crippen LogP contribution in [0, 0.1) is 6.92 Å². The molecule has 8 nitrogen and oxygen atoms in total. The Morgan fingerprint density at radius 1 is 0.943 bits per heavy atom. The van der Waals surface area contributed by atoms with Crippen LogP contribution in [0.4, 0.5) is 4.79 Å². The molecular formula is C27H35N3O5. The van der Waals surface area contributed by atoms with Crippen molar-refractivity contribution in [2.24, 2.45) is 0 Å². The van der Waals surface area contributed by atoms with Crippen molar-refractivity contribution in [3.8, 4) is 0 Å². The van der Waals surface area contributed by atoms with Gasteiger partial charge in [-0.25, -0.2) is 9.59 Å². The van der Waals surface area contributed by atoms with Crippen LogP contribution < -0.4 is 5.32 Å². The van der Waals surface area contributed by atoms with Gasteiger partial charge in [0, 0.05) is 39.3 Å². The fourth-order valence-corrected chi connectivity index (χ4v) is 3.77. The Morgan fingerprint density at radius 2 is 1.63 bits per heavy atom. The summed E-state index contributed by atoms with van der Waals surface area (Å²) in [6.07, 6.45) is -0.504. The minimum absolute atomic E-state index is 0.188. The molecule has 1 aliphatic heterocycles. The molecule has 8 heteroatoms. The average molecular weight is 482 g/mol. The molecule has 0 bridgehead atoms. The second kappa shape index (κ2) is 11.8. The van der Waals surface area contributed by atoms with Crippen LogP contribution in [-0.2, 0) is 27.4 Å². The summed E-state index contributed by atoms with van der Waals surface area (Å²) in [6.45, 7) is 11.1. The Hall–Kier alpha value is -3.39. The molecule has 0 unspecified atom stereocenters. The maximum absolute atomic E-state index is 12.5.